The smallest absolute Gasteiger partial charge is 0.435 e. The minimum atomic E-state index is -4.54. The van der Waals surface area contributed by atoms with E-state index in [-0.39, 0.29) is 29.3 Å². The Kier molecular flexibility index (Phi) is 4.46. The molecule has 2 heterocycles. The van der Waals surface area contributed by atoms with Gasteiger partial charge in [0.1, 0.15) is 0 Å². The van der Waals surface area contributed by atoms with Crippen molar-refractivity contribution in [2.75, 3.05) is 0 Å². The van der Waals surface area contributed by atoms with Crippen molar-refractivity contribution in [1.29, 1.82) is 0 Å². The third-order valence-electron chi connectivity index (χ3n) is 2.64. The van der Waals surface area contributed by atoms with Gasteiger partial charge in [0, 0.05) is 18.3 Å². The molecule has 0 saturated carbocycles. The van der Waals surface area contributed by atoms with Gasteiger partial charge in [-0.2, -0.15) is 18.3 Å². The second-order valence-corrected chi connectivity index (χ2v) is 4.48. The molecule has 21 heavy (non-hydrogen) atoms. The van der Waals surface area contributed by atoms with E-state index in [0.29, 0.717) is 0 Å². The molecule has 0 aliphatic carbocycles. The molecule has 0 fully saturated rings. The fourth-order valence-electron chi connectivity index (χ4n) is 1.72. The molecule has 2 aromatic rings. The lowest BCUT2D eigenvalue weighted by Gasteiger charge is -2.14. The quantitative estimate of drug-likeness (QED) is 0.860. The number of aromatic amines is 1. The van der Waals surface area contributed by atoms with Gasteiger partial charge in [0.25, 0.3) is 6.47 Å². The maximum absolute atomic E-state index is 12.5. The Morgan fingerprint density at radius 1 is 1.48 bits per heavy atom. The average Bonchev–Trinajstić information content (AvgIpc) is 2.87. The van der Waals surface area contributed by atoms with Crippen LogP contribution >= 0.6 is 11.6 Å². The third kappa shape index (κ3) is 3.72. The summed E-state index contributed by atoms with van der Waals surface area (Å²) in [4.78, 5) is 14.5. The van der Waals surface area contributed by atoms with Crippen LogP contribution in [0.5, 0.6) is 0 Å². The summed E-state index contributed by atoms with van der Waals surface area (Å²) in [5.41, 5.74) is -0.639. The van der Waals surface area contributed by atoms with E-state index in [0.717, 1.165) is 6.07 Å². The van der Waals surface area contributed by atoms with Crippen LogP contribution in [0.25, 0.3) is 0 Å². The zero-order valence-electron chi connectivity index (χ0n) is 10.4. The lowest BCUT2D eigenvalue weighted by atomic mass is 10.1. The standard InChI is InChI=1S/C12H9ClF3N3O2/c13-8-2-1-3-17-11(8)9(21-6-20)4-7-5-10(19-18-7)12(14,15)16/h1-3,5-6,9H,4H2,(H,18,19). The Balaban J connectivity index is 2.23. The van der Waals surface area contributed by atoms with Gasteiger partial charge in [-0.3, -0.25) is 14.9 Å². The molecule has 0 aliphatic rings. The maximum Gasteiger partial charge on any atom is 0.435 e. The van der Waals surface area contributed by atoms with E-state index in [4.69, 9.17) is 16.3 Å². The molecule has 0 bridgehead atoms. The Morgan fingerprint density at radius 2 is 2.24 bits per heavy atom. The summed E-state index contributed by atoms with van der Waals surface area (Å²) < 4.78 is 42.3. The number of hydrogen-bond donors (Lipinski definition) is 1. The summed E-state index contributed by atoms with van der Waals surface area (Å²) in [5, 5.41) is 5.67. The van der Waals surface area contributed by atoms with Gasteiger partial charge in [0.2, 0.25) is 0 Å². The lowest BCUT2D eigenvalue weighted by molar-refractivity contribution is -0.141. The van der Waals surface area contributed by atoms with Crippen LogP contribution in [0.15, 0.2) is 24.4 Å². The number of ether oxygens (including phenoxy) is 1. The van der Waals surface area contributed by atoms with E-state index in [1.165, 1.54) is 6.20 Å². The SMILES string of the molecule is O=COC(Cc1cc(C(F)(F)F)n[nH]1)c1ncccc1Cl. The van der Waals surface area contributed by atoms with Gasteiger partial charge in [-0.1, -0.05) is 11.6 Å². The number of alkyl halides is 3. The van der Waals surface area contributed by atoms with Crippen LogP contribution in [0.4, 0.5) is 13.2 Å². The molecule has 0 aromatic carbocycles. The summed E-state index contributed by atoms with van der Waals surface area (Å²) in [6, 6.07) is 3.97. The van der Waals surface area contributed by atoms with E-state index in [9.17, 15) is 18.0 Å². The number of nitrogens with zero attached hydrogens (tertiary/aromatic N) is 2. The fourth-order valence-corrected chi connectivity index (χ4v) is 1.97. The molecule has 0 aliphatic heterocycles. The van der Waals surface area contributed by atoms with Crippen molar-refractivity contribution in [3.8, 4) is 0 Å². The van der Waals surface area contributed by atoms with Crippen LogP contribution in [0.2, 0.25) is 5.02 Å². The molecule has 0 saturated heterocycles. The summed E-state index contributed by atoms with van der Waals surface area (Å²) in [6.07, 6.45) is -4.06. The minimum absolute atomic E-state index is 0.0570. The number of rotatable bonds is 5. The van der Waals surface area contributed by atoms with Crippen LogP contribution in [0, 0.1) is 0 Å². The molecule has 112 valence electrons. The van der Waals surface area contributed by atoms with E-state index >= 15 is 0 Å². The average molecular weight is 320 g/mol. The number of carbonyl (C=O) groups excluding carboxylic acids is 1. The summed E-state index contributed by atoms with van der Waals surface area (Å²) >= 11 is 5.93. The highest BCUT2D eigenvalue weighted by Gasteiger charge is 2.34. The first-order chi connectivity index (χ1) is 9.91. The van der Waals surface area contributed by atoms with Crippen LogP contribution in [0.3, 0.4) is 0 Å². The van der Waals surface area contributed by atoms with Gasteiger partial charge >= 0.3 is 6.18 Å². The molecular formula is C12H9ClF3N3O2. The van der Waals surface area contributed by atoms with Crippen molar-refractivity contribution in [3.63, 3.8) is 0 Å². The number of hydrogen-bond acceptors (Lipinski definition) is 4. The van der Waals surface area contributed by atoms with Crippen molar-refractivity contribution in [1.82, 2.24) is 15.2 Å². The molecular weight excluding hydrogens is 311 g/mol. The highest BCUT2D eigenvalue weighted by atomic mass is 35.5. The summed E-state index contributed by atoms with van der Waals surface area (Å²) in [7, 11) is 0. The van der Waals surface area contributed by atoms with Crippen LogP contribution in [-0.2, 0) is 22.1 Å². The maximum atomic E-state index is 12.5. The van der Waals surface area contributed by atoms with Crippen molar-refractivity contribution in [2.45, 2.75) is 18.7 Å². The second-order valence-electron chi connectivity index (χ2n) is 4.07. The second kappa shape index (κ2) is 6.13. The number of H-pyrrole nitrogens is 1. The van der Waals surface area contributed by atoms with Crippen molar-refractivity contribution >= 4 is 18.1 Å². The van der Waals surface area contributed by atoms with Crippen molar-refractivity contribution < 1.29 is 22.7 Å². The first kappa shape index (κ1) is 15.3. The van der Waals surface area contributed by atoms with Crippen LogP contribution in [0.1, 0.15) is 23.2 Å². The normalized spacial score (nSPS) is 13.0. The zero-order chi connectivity index (χ0) is 15.5. The van der Waals surface area contributed by atoms with Gasteiger partial charge < -0.3 is 4.74 Å². The van der Waals surface area contributed by atoms with Crippen LogP contribution < -0.4 is 0 Å². The van der Waals surface area contributed by atoms with E-state index in [1.807, 2.05) is 0 Å². The number of aromatic nitrogens is 3. The van der Waals surface area contributed by atoms with E-state index < -0.39 is 18.0 Å². The molecule has 0 amide bonds. The van der Waals surface area contributed by atoms with Gasteiger partial charge in [0.15, 0.2) is 11.8 Å². The third-order valence-corrected chi connectivity index (χ3v) is 2.96. The van der Waals surface area contributed by atoms with Gasteiger partial charge in [-0.25, -0.2) is 0 Å². The minimum Gasteiger partial charge on any atom is -0.458 e. The zero-order valence-corrected chi connectivity index (χ0v) is 11.1. The predicted octanol–water partition coefficient (Wildman–Crippen LogP) is 2.93. The molecule has 1 unspecified atom stereocenters. The van der Waals surface area contributed by atoms with Gasteiger partial charge in [0.05, 0.1) is 10.7 Å². The molecule has 2 aromatic heterocycles. The Labute approximate surface area is 122 Å². The summed E-state index contributed by atoms with van der Waals surface area (Å²) in [6.45, 7) is 0.191. The molecule has 0 radical (unpaired) electrons. The first-order valence-corrected chi connectivity index (χ1v) is 6.10. The van der Waals surface area contributed by atoms with Crippen molar-refractivity contribution in [3.05, 3.63) is 46.5 Å². The lowest BCUT2D eigenvalue weighted by Crippen LogP contribution is -2.10. The predicted molar refractivity (Wildman–Crippen MR) is 66.4 cm³/mol. The van der Waals surface area contributed by atoms with Crippen LogP contribution in [-0.4, -0.2) is 21.7 Å². The Morgan fingerprint density at radius 3 is 2.81 bits per heavy atom. The fraction of sp³-hybridized carbons (Fsp3) is 0.250. The highest BCUT2D eigenvalue weighted by Crippen LogP contribution is 2.30. The molecule has 1 N–H and O–H groups in total. The Hall–Kier alpha value is -2.09. The topological polar surface area (TPSA) is 67.9 Å². The number of nitrogens with one attached hydrogen (secondary N) is 1. The summed E-state index contributed by atoms with van der Waals surface area (Å²) in [5.74, 6) is 0. The number of carbonyl (C=O) groups is 1. The molecule has 2 rings (SSSR count). The number of halogens is 4. The molecule has 0 spiro atoms. The molecule has 1 atom stereocenters. The largest absolute Gasteiger partial charge is 0.458 e. The first-order valence-electron chi connectivity index (χ1n) is 5.73. The molecule has 5 nitrogen and oxygen atoms in total. The van der Waals surface area contributed by atoms with Gasteiger partial charge in [-0.15, -0.1) is 0 Å². The van der Waals surface area contributed by atoms with E-state index in [1.54, 1.807) is 12.1 Å². The Bertz CT molecular complexity index is 630. The van der Waals surface area contributed by atoms with Crippen molar-refractivity contribution in [2.24, 2.45) is 0 Å². The molecule has 9 heteroatoms. The monoisotopic (exact) mass is 319 g/mol. The number of pyridine rings is 1. The highest BCUT2D eigenvalue weighted by molar-refractivity contribution is 6.31. The van der Waals surface area contributed by atoms with Gasteiger partial charge in [-0.05, 0) is 18.2 Å². The van der Waals surface area contributed by atoms with E-state index in [2.05, 4.69) is 15.2 Å².